The SMILES string of the molecule is O=C(OC1C[C@@H](n2c(=O)cc[nH]c2=O)O[C@@H]1COC(O)c1ccc(Cl)cc1)c1ccc(Cl)cc1. The Morgan fingerprint density at radius 2 is 1.74 bits per heavy atom. The number of esters is 1. The van der Waals surface area contributed by atoms with Crippen LogP contribution >= 0.6 is 23.2 Å². The molecule has 34 heavy (non-hydrogen) atoms. The van der Waals surface area contributed by atoms with Crippen LogP contribution in [0, 0.1) is 0 Å². The summed E-state index contributed by atoms with van der Waals surface area (Å²) in [5.41, 5.74) is -0.504. The van der Waals surface area contributed by atoms with E-state index in [2.05, 4.69) is 4.98 Å². The molecule has 4 atom stereocenters. The van der Waals surface area contributed by atoms with Crippen LogP contribution in [0.15, 0.2) is 70.4 Å². The van der Waals surface area contributed by atoms with Crippen LogP contribution in [0.5, 0.6) is 0 Å². The van der Waals surface area contributed by atoms with Crippen molar-refractivity contribution >= 4 is 29.2 Å². The number of rotatable bonds is 7. The first-order valence-electron chi connectivity index (χ1n) is 10.3. The van der Waals surface area contributed by atoms with Crippen LogP contribution in [0.4, 0.5) is 0 Å². The third-order valence-electron chi connectivity index (χ3n) is 5.27. The number of nitrogens with one attached hydrogen (secondary N) is 1. The van der Waals surface area contributed by atoms with Crippen LogP contribution in [-0.4, -0.2) is 39.4 Å². The molecule has 0 radical (unpaired) electrons. The zero-order valence-electron chi connectivity index (χ0n) is 17.6. The Morgan fingerprint density at radius 3 is 2.38 bits per heavy atom. The maximum atomic E-state index is 12.7. The van der Waals surface area contributed by atoms with Crippen LogP contribution in [0.2, 0.25) is 10.0 Å². The first-order valence-corrected chi connectivity index (χ1v) is 11.0. The van der Waals surface area contributed by atoms with Crippen molar-refractivity contribution in [2.24, 2.45) is 0 Å². The molecule has 11 heteroatoms. The van der Waals surface area contributed by atoms with Crippen molar-refractivity contribution in [3.63, 3.8) is 0 Å². The van der Waals surface area contributed by atoms with Crippen molar-refractivity contribution in [2.75, 3.05) is 6.61 Å². The molecule has 178 valence electrons. The van der Waals surface area contributed by atoms with E-state index in [4.69, 9.17) is 37.4 Å². The second-order valence-electron chi connectivity index (χ2n) is 7.54. The lowest BCUT2D eigenvalue weighted by molar-refractivity contribution is -0.147. The van der Waals surface area contributed by atoms with Gasteiger partial charge < -0.3 is 24.3 Å². The minimum absolute atomic E-state index is 0.0252. The summed E-state index contributed by atoms with van der Waals surface area (Å²) in [5.74, 6) is -0.636. The van der Waals surface area contributed by atoms with Gasteiger partial charge in [-0.15, -0.1) is 0 Å². The van der Waals surface area contributed by atoms with Crippen LogP contribution in [-0.2, 0) is 14.2 Å². The van der Waals surface area contributed by atoms with E-state index < -0.39 is 41.9 Å². The molecule has 1 fully saturated rings. The zero-order valence-corrected chi connectivity index (χ0v) is 19.1. The average molecular weight is 507 g/mol. The monoisotopic (exact) mass is 506 g/mol. The summed E-state index contributed by atoms with van der Waals surface area (Å²) in [6, 6.07) is 13.7. The van der Waals surface area contributed by atoms with Crippen LogP contribution in [0.3, 0.4) is 0 Å². The molecule has 0 bridgehead atoms. The van der Waals surface area contributed by atoms with Gasteiger partial charge in [-0.25, -0.2) is 14.2 Å². The standard InChI is InChI=1S/C23H20Cl2N2O7/c24-15-5-1-13(2-6-15)21(29)32-12-18-17(34-22(30)14-3-7-16(25)8-4-14)11-20(33-18)27-19(28)9-10-26-23(27)31/h1-10,17-18,20-21,29H,11-12H2,(H,26,31)/t17?,18-,20+,21?/m1/s1. The lowest BCUT2D eigenvalue weighted by Crippen LogP contribution is -2.37. The molecular formula is C23H20Cl2N2O7. The fourth-order valence-corrected chi connectivity index (χ4v) is 3.79. The maximum Gasteiger partial charge on any atom is 0.338 e. The van der Waals surface area contributed by atoms with Gasteiger partial charge in [0.25, 0.3) is 5.56 Å². The van der Waals surface area contributed by atoms with Gasteiger partial charge in [0.05, 0.1) is 12.2 Å². The van der Waals surface area contributed by atoms with Gasteiger partial charge in [0.15, 0.2) is 6.29 Å². The predicted molar refractivity (Wildman–Crippen MR) is 123 cm³/mol. The van der Waals surface area contributed by atoms with E-state index in [0.29, 0.717) is 15.6 Å². The highest BCUT2D eigenvalue weighted by atomic mass is 35.5. The first kappa shape index (κ1) is 24.2. The van der Waals surface area contributed by atoms with Crippen molar-refractivity contribution in [3.8, 4) is 0 Å². The van der Waals surface area contributed by atoms with Crippen molar-refractivity contribution in [1.29, 1.82) is 0 Å². The van der Waals surface area contributed by atoms with E-state index in [9.17, 15) is 19.5 Å². The summed E-state index contributed by atoms with van der Waals surface area (Å²) in [6.07, 6.45) is -2.77. The summed E-state index contributed by atoms with van der Waals surface area (Å²) in [5, 5.41) is 11.3. The smallest absolute Gasteiger partial charge is 0.338 e. The number of carbonyl (C=O) groups excluding carboxylic acids is 1. The number of hydrogen-bond donors (Lipinski definition) is 2. The second kappa shape index (κ2) is 10.5. The van der Waals surface area contributed by atoms with Gasteiger partial charge in [-0.1, -0.05) is 35.3 Å². The lowest BCUT2D eigenvalue weighted by Gasteiger charge is -2.21. The van der Waals surface area contributed by atoms with Crippen molar-refractivity contribution in [1.82, 2.24) is 9.55 Å². The zero-order chi connectivity index (χ0) is 24.2. The molecule has 0 aliphatic carbocycles. The molecule has 1 saturated heterocycles. The number of hydrogen-bond acceptors (Lipinski definition) is 7. The van der Waals surface area contributed by atoms with Crippen molar-refractivity contribution in [3.05, 3.63) is 103 Å². The Balaban J connectivity index is 1.52. The van der Waals surface area contributed by atoms with Crippen LogP contribution in [0.25, 0.3) is 0 Å². The second-order valence-corrected chi connectivity index (χ2v) is 8.42. The molecule has 0 saturated carbocycles. The number of nitrogens with zero attached hydrogens (tertiary/aromatic N) is 1. The Bertz CT molecular complexity index is 1230. The molecule has 2 N–H and O–H groups in total. The number of H-pyrrole nitrogens is 1. The average Bonchev–Trinajstić information content (AvgIpc) is 3.20. The summed E-state index contributed by atoms with van der Waals surface area (Å²) in [4.78, 5) is 39.6. The molecule has 2 aromatic carbocycles. The third kappa shape index (κ3) is 5.57. The number of aliphatic hydroxyl groups is 1. The quantitative estimate of drug-likeness (QED) is 0.373. The van der Waals surface area contributed by atoms with Gasteiger partial charge in [-0.3, -0.25) is 4.79 Å². The summed E-state index contributed by atoms with van der Waals surface area (Å²) in [7, 11) is 0. The maximum absolute atomic E-state index is 12.7. The number of carbonyl (C=O) groups is 1. The summed E-state index contributed by atoms with van der Waals surface area (Å²) in [6.45, 7) is -0.182. The van der Waals surface area contributed by atoms with Gasteiger partial charge in [0.1, 0.15) is 18.4 Å². The Labute approximate surface area is 203 Å². The Morgan fingerprint density at radius 1 is 1.09 bits per heavy atom. The normalized spacial score (nSPS) is 20.7. The number of aromatic amines is 1. The molecule has 1 aliphatic rings. The lowest BCUT2D eigenvalue weighted by atomic mass is 10.1. The van der Waals surface area contributed by atoms with Gasteiger partial charge >= 0.3 is 11.7 Å². The van der Waals surface area contributed by atoms with Gasteiger partial charge in [0, 0.05) is 34.3 Å². The van der Waals surface area contributed by atoms with Crippen LogP contribution < -0.4 is 11.2 Å². The number of halogens is 2. The number of aliphatic hydroxyl groups excluding tert-OH is 1. The fourth-order valence-electron chi connectivity index (χ4n) is 3.54. The third-order valence-corrected chi connectivity index (χ3v) is 5.77. The van der Waals surface area contributed by atoms with E-state index >= 15 is 0 Å². The van der Waals surface area contributed by atoms with E-state index in [-0.39, 0.29) is 18.6 Å². The van der Waals surface area contributed by atoms with E-state index in [1.54, 1.807) is 36.4 Å². The molecule has 4 rings (SSSR count). The summed E-state index contributed by atoms with van der Waals surface area (Å²) < 4.78 is 17.9. The highest BCUT2D eigenvalue weighted by Gasteiger charge is 2.40. The molecule has 3 aromatic rings. The molecule has 1 aliphatic heterocycles. The number of benzene rings is 2. The van der Waals surface area contributed by atoms with Gasteiger partial charge in [0.2, 0.25) is 0 Å². The van der Waals surface area contributed by atoms with E-state index in [1.165, 1.54) is 24.4 Å². The Kier molecular flexibility index (Phi) is 7.50. The van der Waals surface area contributed by atoms with E-state index in [1.807, 2.05) is 0 Å². The molecule has 2 unspecified atom stereocenters. The largest absolute Gasteiger partial charge is 0.456 e. The first-order chi connectivity index (χ1) is 16.3. The minimum Gasteiger partial charge on any atom is -0.456 e. The highest BCUT2D eigenvalue weighted by Crippen LogP contribution is 2.31. The number of aromatic nitrogens is 2. The van der Waals surface area contributed by atoms with E-state index in [0.717, 1.165) is 4.57 Å². The molecule has 1 aromatic heterocycles. The number of ether oxygens (including phenoxy) is 3. The Hall–Kier alpha value is -2.95. The van der Waals surface area contributed by atoms with Gasteiger partial charge in [-0.2, -0.15) is 0 Å². The molecular weight excluding hydrogens is 487 g/mol. The molecule has 2 heterocycles. The van der Waals surface area contributed by atoms with Crippen LogP contribution in [0.1, 0.15) is 34.9 Å². The highest BCUT2D eigenvalue weighted by molar-refractivity contribution is 6.30. The topological polar surface area (TPSA) is 120 Å². The van der Waals surface area contributed by atoms with Gasteiger partial charge in [-0.05, 0) is 36.4 Å². The molecule has 9 nitrogen and oxygen atoms in total. The van der Waals surface area contributed by atoms with Crippen molar-refractivity contribution < 1.29 is 24.1 Å². The molecule has 0 spiro atoms. The predicted octanol–water partition coefficient (Wildman–Crippen LogP) is 3.06. The fraction of sp³-hybridized carbons (Fsp3) is 0.261. The summed E-state index contributed by atoms with van der Waals surface area (Å²) >= 11 is 11.7. The van der Waals surface area contributed by atoms with Crippen molar-refractivity contribution in [2.45, 2.75) is 31.1 Å². The molecule has 0 amide bonds. The minimum atomic E-state index is -1.30.